The van der Waals surface area contributed by atoms with Gasteiger partial charge < -0.3 is 0 Å². The summed E-state index contributed by atoms with van der Waals surface area (Å²) < 4.78 is 0. The maximum atomic E-state index is 10.7. The van der Waals surface area contributed by atoms with Gasteiger partial charge in [0, 0.05) is 6.42 Å². The lowest BCUT2D eigenvalue weighted by Crippen LogP contribution is -2.02. The molecular weight excluding hydrogens is 148 g/mol. The van der Waals surface area contributed by atoms with E-state index in [0.717, 1.165) is 11.8 Å². The lowest BCUT2D eigenvalue weighted by atomic mass is 10.2. The molecule has 0 saturated carbocycles. The van der Waals surface area contributed by atoms with E-state index in [0.29, 0.717) is 6.42 Å². The molecule has 0 aliphatic rings. The quantitative estimate of drug-likeness (QED) is 0.458. The molecule has 0 amide bonds. The second-order valence-corrected chi connectivity index (χ2v) is 2.65. The van der Waals surface area contributed by atoms with E-state index in [-0.39, 0.29) is 17.3 Å². The Morgan fingerprint density at radius 3 is 2.60 bits per heavy atom. The van der Waals surface area contributed by atoms with Crippen LogP contribution in [0.3, 0.4) is 0 Å². The molecule has 0 N–H and O–H groups in total. The number of carbonyl (C=O) groups is 2. The Morgan fingerprint density at radius 2 is 2.20 bits per heavy atom. The van der Waals surface area contributed by atoms with E-state index in [1.54, 1.807) is 6.26 Å². The molecular formula is C7H10O2S. The Kier molecular flexibility index (Phi) is 4.94. The fourth-order valence-electron chi connectivity index (χ4n) is 0.466. The van der Waals surface area contributed by atoms with Crippen LogP contribution in [-0.4, -0.2) is 17.2 Å². The van der Waals surface area contributed by atoms with Crippen molar-refractivity contribution >= 4 is 22.7 Å². The zero-order valence-corrected chi connectivity index (χ0v) is 6.74. The van der Waals surface area contributed by atoms with Crippen LogP contribution < -0.4 is 0 Å². The Bertz CT molecular complexity index is 152. The average Bonchev–Trinajstić information content (AvgIpc) is 1.88. The Labute approximate surface area is 64.7 Å². The summed E-state index contributed by atoms with van der Waals surface area (Å²) in [6, 6.07) is 0. The highest BCUT2D eigenvalue weighted by Gasteiger charge is 2.05. The predicted molar refractivity (Wildman–Crippen MR) is 43.0 cm³/mol. The number of hydrogen-bond donors (Lipinski definition) is 0. The van der Waals surface area contributed by atoms with E-state index in [1.807, 2.05) is 0 Å². The third kappa shape index (κ3) is 4.32. The first kappa shape index (κ1) is 9.43. The van der Waals surface area contributed by atoms with Gasteiger partial charge in [0.15, 0.2) is 5.12 Å². The maximum absolute atomic E-state index is 10.7. The Morgan fingerprint density at radius 1 is 1.60 bits per heavy atom. The molecule has 0 aliphatic heterocycles. The van der Waals surface area contributed by atoms with Crippen molar-refractivity contribution in [1.82, 2.24) is 0 Å². The van der Waals surface area contributed by atoms with Crippen molar-refractivity contribution in [3.05, 3.63) is 12.7 Å². The van der Waals surface area contributed by atoms with Crippen LogP contribution in [0.4, 0.5) is 0 Å². The molecule has 0 saturated heterocycles. The molecule has 10 heavy (non-hydrogen) atoms. The van der Waals surface area contributed by atoms with Gasteiger partial charge >= 0.3 is 0 Å². The highest BCUT2D eigenvalue weighted by atomic mass is 32.2. The van der Waals surface area contributed by atoms with E-state index in [4.69, 9.17) is 0 Å². The number of rotatable bonds is 4. The van der Waals surface area contributed by atoms with Gasteiger partial charge in [-0.25, -0.2) is 0 Å². The molecule has 0 aromatic carbocycles. The van der Waals surface area contributed by atoms with Gasteiger partial charge in [-0.05, 0) is 6.26 Å². The number of Topliss-reactive ketones (excluding diaryl/α,β-unsaturated/α-hetero) is 1. The van der Waals surface area contributed by atoms with Gasteiger partial charge in [-0.1, -0.05) is 17.8 Å². The van der Waals surface area contributed by atoms with Crippen molar-refractivity contribution in [3.8, 4) is 0 Å². The summed E-state index contributed by atoms with van der Waals surface area (Å²) in [6.07, 6.45) is 3.51. The fraction of sp³-hybridized carbons (Fsp3) is 0.429. The SMILES string of the molecule is C=CCC(=O)CC(=O)SC. The van der Waals surface area contributed by atoms with Crippen LogP contribution in [0.5, 0.6) is 0 Å². The van der Waals surface area contributed by atoms with Crippen molar-refractivity contribution in [3.63, 3.8) is 0 Å². The summed E-state index contributed by atoms with van der Waals surface area (Å²) in [7, 11) is 0. The third-order valence-corrected chi connectivity index (χ3v) is 1.54. The smallest absolute Gasteiger partial charge is 0.196 e. The van der Waals surface area contributed by atoms with Crippen molar-refractivity contribution < 1.29 is 9.59 Å². The lowest BCUT2D eigenvalue weighted by molar-refractivity contribution is -0.122. The van der Waals surface area contributed by atoms with Gasteiger partial charge in [0.1, 0.15) is 5.78 Å². The van der Waals surface area contributed by atoms with E-state index < -0.39 is 0 Å². The predicted octanol–water partition coefficient (Wildman–Crippen LogP) is 1.41. The lowest BCUT2D eigenvalue weighted by Gasteiger charge is -1.91. The maximum Gasteiger partial charge on any atom is 0.196 e. The molecule has 0 aliphatic carbocycles. The fourth-order valence-corrected chi connectivity index (χ4v) is 0.772. The largest absolute Gasteiger partial charge is 0.299 e. The topological polar surface area (TPSA) is 34.1 Å². The number of allylic oxidation sites excluding steroid dienone is 1. The summed E-state index contributed by atoms with van der Waals surface area (Å²) in [4.78, 5) is 21.3. The van der Waals surface area contributed by atoms with Crippen molar-refractivity contribution in [2.45, 2.75) is 12.8 Å². The van der Waals surface area contributed by atoms with Crippen molar-refractivity contribution in [2.75, 3.05) is 6.26 Å². The molecule has 56 valence electrons. The first-order valence-electron chi connectivity index (χ1n) is 2.90. The van der Waals surface area contributed by atoms with Gasteiger partial charge in [-0.2, -0.15) is 0 Å². The van der Waals surface area contributed by atoms with Crippen molar-refractivity contribution in [1.29, 1.82) is 0 Å². The molecule has 0 atom stereocenters. The van der Waals surface area contributed by atoms with Gasteiger partial charge in [0.05, 0.1) is 6.42 Å². The number of carbonyl (C=O) groups excluding carboxylic acids is 2. The molecule has 0 spiro atoms. The van der Waals surface area contributed by atoms with E-state index in [9.17, 15) is 9.59 Å². The summed E-state index contributed by atoms with van der Waals surface area (Å²) in [6.45, 7) is 3.39. The van der Waals surface area contributed by atoms with Gasteiger partial charge in [-0.3, -0.25) is 9.59 Å². The number of thioether (sulfide) groups is 1. The summed E-state index contributed by atoms with van der Waals surface area (Å²) in [5, 5.41) is -0.0770. The molecule has 0 aromatic rings. The summed E-state index contributed by atoms with van der Waals surface area (Å²) >= 11 is 1.08. The van der Waals surface area contributed by atoms with Gasteiger partial charge in [-0.15, -0.1) is 6.58 Å². The summed E-state index contributed by atoms with van der Waals surface area (Å²) in [5.74, 6) is -0.0608. The van der Waals surface area contributed by atoms with E-state index >= 15 is 0 Å². The van der Waals surface area contributed by atoms with Gasteiger partial charge in [0.2, 0.25) is 0 Å². The van der Waals surface area contributed by atoms with Crippen LogP contribution in [0.2, 0.25) is 0 Å². The molecule has 2 nitrogen and oxygen atoms in total. The summed E-state index contributed by atoms with van der Waals surface area (Å²) in [5.41, 5.74) is 0. The molecule has 0 aromatic heterocycles. The molecule has 0 heterocycles. The minimum absolute atomic E-state index is 0.0349. The van der Waals surface area contributed by atoms with Crippen molar-refractivity contribution in [2.24, 2.45) is 0 Å². The number of hydrogen-bond acceptors (Lipinski definition) is 3. The van der Waals surface area contributed by atoms with Crippen LogP contribution in [-0.2, 0) is 9.59 Å². The van der Waals surface area contributed by atoms with Crippen LogP contribution in [0.1, 0.15) is 12.8 Å². The van der Waals surface area contributed by atoms with E-state index in [1.165, 1.54) is 6.08 Å². The second-order valence-electron chi connectivity index (χ2n) is 1.78. The minimum Gasteiger partial charge on any atom is -0.299 e. The number of ketones is 1. The molecule has 0 radical (unpaired) electrons. The zero-order valence-electron chi connectivity index (χ0n) is 5.92. The molecule has 0 bridgehead atoms. The highest BCUT2D eigenvalue weighted by molar-refractivity contribution is 8.13. The van der Waals surface area contributed by atoms with Crippen LogP contribution in [0, 0.1) is 0 Å². The average molecular weight is 158 g/mol. The monoisotopic (exact) mass is 158 g/mol. The minimum atomic E-state index is -0.0770. The van der Waals surface area contributed by atoms with Crippen LogP contribution in [0.15, 0.2) is 12.7 Å². The van der Waals surface area contributed by atoms with Gasteiger partial charge in [0.25, 0.3) is 0 Å². The highest BCUT2D eigenvalue weighted by Crippen LogP contribution is 2.01. The zero-order chi connectivity index (χ0) is 7.98. The standard InChI is InChI=1S/C7H10O2S/c1-3-4-6(8)5-7(9)10-2/h3H,1,4-5H2,2H3. The molecule has 0 unspecified atom stereocenters. The van der Waals surface area contributed by atoms with Crippen LogP contribution in [0.25, 0.3) is 0 Å². The molecule has 0 rings (SSSR count). The Balaban J connectivity index is 3.57. The third-order valence-electron chi connectivity index (χ3n) is 0.941. The normalized spacial score (nSPS) is 8.90. The van der Waals surface area contributed by atoms with E-state index in [2.05, 4.69) is 6.58 Å². The first-order chi connectivity index (χ1) is 4.70. The Hall–Kier alpha value is -0.570. The first-order valence-corrected chi connectivity index (χ1v) is 4.12. The van der Waals surface area contributed by atoms with Crippen LogP contribution >= 0.6 is 11.8 Å². The second kappa shape index (κ2) is 5.23. The molecule has 0 fully saturated rings. The molecule has 3 heteroatoms.